The van der Waals surface area contributed by atoms with Crippen LogP contribution in [-0.2, 0) is 7.05 Å². The Kier molecular flexibility index (Phi) is 5.67. The average molecular weight is 550 g/mol. The normalized spacial score (nSPS) is 12.1. The van der Waals surface area contributed by atoms with Crippen molar-refractivity contribution in [2.75, 3.05) is 11.1 Å². The van der Waals surface area contributed by atoms with Crippen LogP contribution in [0.4, 0.5) is 15.9 Å². The molecule has 0 saturated heterocycles. The minimum Gasteiger partial charge on any atom is -0.383 e. The largest absolute Gasteiger partial charge is 0.383 e. The van der Waals surface area contributed by atoms with E-state index in [4.69, 9.17) is 10.7 Å². The number of nitrogens with two attached hydrogens (primary N) is 1. The summed E-state index contributed by atoms with van der Waals surface area (Å²) in [6, 6.07) is 21.9. The molecule has 5 aromatic rings. The van der Waals surface area contributed by atoms with Crippen molar-refractivity contribution < 1.29 is 4.39 Å². The number of benzene rings is 3. The molecule has 3 aromatic carbocycles. The number of hydrogen-bond acceptors (Lipinski definition) is 5. The van der Waals surface area contributed by atoms with Crippen molar-refractivity contribution in [3.05, 3.63) is 99.8 Å². The zero-order chi connectivity index (χ0) is 22.9. The van der Waals surface area contributed by atoms with E-state index in [1.165, 1.54) is 6.07 Å². The minimum atomic E-state index is -0.564. The zero-order valence-corrected chi connectivity index (χ0v) is 19.9. The van der Waals surface area contributed by atoms with Crippen LogP contribution in [0.25, 0.3) is 22.2 Å². The number of anilines is 2. The lowest BCUT2D eigenvalue weighted by Gasteiger charge is -2.21. The molecule has 3 N–H and O–H groups in total. The number of aromatic nitrogens is 4. The van der Waals surface area contributed by atoms with Gasteiger partial charge in [-0.2, -0.15) is 5.10 Å². The highest BCUT2D eigenvalue weighted by molar-refractivity contribution is 14.1. The minimum absolute atomic E-state index is 0.314. The van der Waals surface area contributed by atoms with Crippen molar-refractivity contribution in [2.24, 2.45) is 7.05 Å². The Hall–Kier alpha value is -3.53. The molecule has 0 bridgehead atoms. The van der Waals surface area contributed by atoms with Gasteiger partial charge in [-0.1, -0.05) is 30.3 Å². The molecule has 0 aliphatic heterocycles. The second-order valence-corrected chi connectivity index (χ2v) is 8.90. The van der Waals surface area contributed by atoms with Crippen LogP contribution >= 0.6 is 22.6 Å². The third-order valence-corrected chi connectivity index (χ3v) is 6.13. The summed E-state index contributed by atoms with van der Waals surface area (Å²) in [5.74, 6) is 1.35. The molecule has 5 rings (SSSR count). The Morgan fingerprint density at radius 2 is 1.85 bits per heavy atom. The third kappa shape index (κ3) is 4.25. The molecule has 8 heteroatoms. The van der Waals surface area contributed by atoms with E-state index in [0.717, 1.165) is 25.6 Å². The van der Waals surface area contributed by atoms with E-state index >= 15 is 4.39 Å². The summed E-state index contributed by atoms with van der Waals surface area (Å²) in [6.07, 6.45) is 1.67. The van der Waals surface area contributed by atoms with Crippen molar-refractivity contribution in [1.82, 2.24) is 19.7 Å². The summed E-state index contributed by atoms with van der Waals surface area (Å²) in [5, 5.41) is 9.88. The molecule has 33 heavy (non-hydrogen) atoms. The fraction of sp³-hybridized carbons (Fsp3) is 0.0800. The maximum atomic E-state index is 15.0. The molecule has 0 spiro atoms. The highest BCUT2D eigenvalue weighted by atomic mass is 127. The van der Waals surface area contributed by atoms with Gasteiger partial charge in [0, 0.05) is 39.0 Å². The predicted octanol–water partition coefficient (Wildman–Crippen LogP) is 5.56. The van der Waals surface area contributed by atoms with Crippen LogP contribution in [0.15, 0.2) is 79.0 Å². The van der Waals surface area contributed by atoms with Crippen LogP contribution in [-0.4, -0.2) is 19.7 Å². The number of halogens is 2. The number of fused-ring (bicyclic) bond motifs is 1. The molecule has 164 valence electrons. The first-order valence-electron chi connectivity index (χ1n) is 10.3. The molecular formula is C25H20FIN6. The maximum absolute atomic E-state index is 15.0. The molecule has 0 aliphatic rings. The summed E-state index contributed by atoms with van der Waals surface area (Å²) in [4.78, 5) is 8.93. The molecule has 2 heterocycles. The van der Waals surface area contributed by atoms with E-state index in [0.29, 0.717) is 23.0 Å². The molecule has 0 aliphatic carbocycles. The van der Waals surface area contributed by atoms with Gasteiger partial charge in [-0.3, -0.25) is 4.68 Å². The molecule has 0 fully saturated rings. The molecule has 0 saturated carbocycles. The number of pyridine rings is 1. The second kappa shape index (κ2) is 8.78. The van der Waals surface area contributed by atoms with Crippen LogP contribution in [0.5, 0.6) is 0 Å². The van der Waals surface area contributed by atoms with E-state index in [2.05, 4.69) is 38.0 Å². The molecule has 1 unspecified atom stereocenters. The van der Waals surface area contributed by atoms with Gasteiger partial charge in [0.05, 0.1) is 0 Å². The van der Waals surface area contributed by atoms with Crippen LogP contribution in [0.1, 0.15) is 17.4 Å². The number of nitrogen functional groups attached to an aromatic ring is 1. The smallest absolute Gasteiger partial charge is 0.181 e. The molecule has 0 radical (unpaired) electrons. The van der Waals surface area contributed by atoms with Gasteiger partial charge in [0.15, 0.2) is 11.6 Å². The highest BCUT2D eigenvalue weighted by Crippen LogP contribution is 2.31. The van der Waals surface area contributed by atoms with Gasteiger partial charge in [-0.15, -0.1) is 0 Å². The van der Waals surface area contributed by atoms with Gasteiger partial charge in [0.1, 0.15) is 17.7 Å². The molecule has 1 atom stereocenters. The van der Waals surface area contributed by atoms with Crippen molar-refractivity contribution in [1.29, 1.82) is 0 Å². The number of aryl methyl sites for hydroxylation is 1. The van der Waals surface area contributed by atoms with E-state index in [9.17, 15) is 0 Å². The summed E-state index contributed by atoms with van der Waals surface area (Å²) >= 11 is 2.19. The lowest BCUT2D eigenvalue weighted by molar-refractivity contribution is 0.590. The Morgan fingerprint density at radius 1 is 1.03 bits per heavy atom. The predicted molar refractivity (Wildman–Crippen MR) is 137 cm³/mol. The Labute approximate surface area is 203 Å². The van der Waals surface area contributed by atoms with Gasteiger partial charge in [0.2, 0.25) is 0 Å². The lowest BCUT2D eigenvalue weighted by Crippen LogP contribution is -2.18. The fourth-order valence-electron chi connectivity index (χ4n) is 3.83. The number of nitrogens with zero attached hydrogens (tertiary/aromatic N) is 4. The monoisotopic (exact) mass is 550 g/mol. The van der Waals surface area contributed by atoms with Gasteiger partial charge in [-0.05, 0) is 70.4 Å². The van der Waals surface area contributed by atoms with Crippen LogP contribution in [0.3, 0.4) is 0 Å². The molecule has 6 nitrogen and oxygen atoms in total. The van der Waals surface area contributed by atoms with Crippen molar-refractivity contribution >= 4 is 44.9 Å². The van der Waals surface area contributed by atoms with Crippen LogP contribution in [0.2, 0.25) is 0 Å². The second-order valence-electron chi connectivity index (χ2n) is 7.66. The topological polar surface area (TPSA) is 81.7 Å². The molecular weight excluding hydrogens is 530 g/mol. The molecule has 2 aromatic heterocycles. The van der Waals surface area contributed by atoms with E-state index in [1.807, 2.05) is 67.7 Å². The van der Waals surface area contributed by atoms with Crippen LogP contribution < -0.4 is 11.1 Å². The number of nitrogens with one attached hydrogen (secondary N) is 1. The quantitative estimate of drug-likeness (QED) is 0.280. The summed E-state index contributed by atoms with van der Waals surface area (Å²) in [7, 11) is 1.82. The summed E-state index contributed by atoms with van der Waals surface area (Å²) in [5.41, 5.74) is 8.20. The van der Waals surface area contributed by atoms with E-state index < -0.39 is 6.04 Å². The van der Waals surface area contributed by atoms with Gasteiger partial charge in [-0.25, -0.2) is 14.4 Å². The first-order chi connectivity index (χ1) is 16.0. The van der Waals surface area contributed by atoms with E-state index in [-0.39, 0.29) is 5.82 Å². The first-order valence-corrected chi connectivity index (χ1v) is 11.4. The average Bonchev–Trinajstić information content (AvgIpc) is 3.21. The Morgan fingerprint density at radius 3 is 2.67 bits per heavy atom. The molecule has 0 amide bonds. The SMILES string of the molecule is Cn1nc(-c2ccccc2)nc1C(Nc1ccc2c(N)nccc2c1)c1cc(I)ccc1F. The maximum Gasteiger partial charge on any atom is 0.181 e. The zero-order valence-electron chi connectivity index (χ0n) is 17.7. The fourth-order valence-corrected chi connectivity index (χ4v) is 4.35. The third-order valence-electron chi connectivity index (χ3n) is 5.46. The highest BCUT2D eigenvalue weighted by Gasteiger charge is 2.25. The van der Waals surface area contributed by atoms with Crippen molar-refractivity contribution in [2.45, 2.75) is 6.04 Å². The standard InChI is InChI=1S/C25H20FIN6/c1-33-25(31-24(32-33)15-5-3-2-4-6-15)22(20-14-17(27)7-10-21(20)26)30-18-8-9-19-16(13-18)11-12-29-23(19)28/h2-14,22,30H,1H3,(H2,28,29). The van der Waals surface area contributed by atoms with Crippen molar-refractivity contribution in [3.63, 3.8) is 0 Å². The number of rotatable bonds is 5. The summed E-state index contributed by atoms with van der Waals surface area (Å²) < 4.78 is 17.7. The Balaban J connectivity index is 1.62. The Bertz CT molecular complexity index is 1450. The van der Waals surface area contributed by atoms with Gasteiger partial charge < -0.3 is 11.1 Å². The van der Waals surface area contributed by atoms with Crippen molar-refractivity contribution in [3.8, 4) is 11.4 Å². The summed E-state index contributed by atoms with van der Waals surface area (Å²) in [6.45, 7) is 0. The number of hydrogen-bond donors (Lipinski definition) is 2. The van der Waals surface area contributed by atoms with E-state index in [1.54, 1.807) is 16.9 Å². The van der Waals surface area contributed by atoms with Gasteiger partial charge >= 0.3 is 0 Å². The lowest BCUT2D eigenvalue weighted by atomic mass is 10.0. The van der Waals surface area contributed by atoms with Gasteiger partial charge in [0.25, 0.3) is 0 Å². The first kappa shape index (κ1) is 21.3. The van der Waals surface area contributed by atoms with Crippen LogP contribution in [0, 0.1) is 9.39 Å².